The number of oxazole rings is 1. The first kappa shape index (κ1) is 19.2. The molecule has 0 aliphatic carbocycles. The van der Waals surface area contributed by atoms with Crippen LogP contribution in [-0.4, -0.2) is 31.2 Å². The molecule has 1 saturated heterocycles. The van der Waals surface area contributed by atoms with Crippen LogP contribution in [0.5, 0.6) is 5.75 Å². The lowest BCUT2D eigenvalue weighted by molar-refractivity contribution is 0.262. The highest BCUT2D eigenvalue weighted by Gasteiger charge is 2.24. The van der Waals surface area contributed by atoms with E-state index in [0.29, 0.717) is 17.5 Å². The fourth-order valence-electron chi connectivity index (χ4n) is 3.40. The van der Waals surface area contributed by atoms with E-state index < -0.39 is 0 Å². The van der Waals surface area contributed by atoms with Gasteiger partial charge in [-0.2, -0.15) is 10.2 Å². The van der Waals surface area contributed by atoms with Crippen LogP contribution >= 0.6 is 11.6 Å². The topological polar surface area (TPSA) is 65.5 Å². The number of nitrogens with zero attached hydrogens (tertiary/aromatic N) is 4. The maximum Gasteiger partial charge on any atom is 0.236 e. The van der Waals surface area contributed by atoms with Crippen LogP contribution in [0.3, 0.4) is 0 Å². The second kappa shape index (κ2) is 8.46. The zero-order valence-electron chi connectivity index (χ0n) is 16.1. The molecule has 0 spiro atoms. The van der Waals surface area contributed by atoms with E-state index in [9.17, 15) is 5.26 Å². The Bertz CT molecular complexity index is 1040. The third-order valence-corrected chi connectivity index (χ3v) is 5.18. The van der Waals surface area contributed by atoms with Gasteiger partial charge in [0.25, 0.3) is 0 Å². The molecule has 2 aromatic carbocycles. The van der Waals surface area contributed by atoms with Crippen LogP contribution in [0, 0.1) is 18.3 Å². The van der Waals surface area contributed by atoms with Crippen molar-refractivity contribution in [1.29, 1.82) is 5.26 Å². The molecule has 0 bridgehead atoms. The molecule has 0 N–H and O–H groups in total. The second-order valence-corrected chi connectivity index (χ2v) is 7.32. The summed E-state index contributed by atoms with van der Waals surface area (Å²) >= 11 is 6.11. The van der Waals surface area contributed by atoms with Gasteiger partial charge in [0.05, 0.1) is 0 Å². The molecular weight excluding hydrogens is 388 g/mol. The molecule has 1 aliphatic heterocycles. The molecule has 1 aliphatic rings. The molecule has 148 valence electrons. The number of ether oxygens (including phenoxy) is 1. The number of aryl methyl sites for hydroxylation is 1. The van der Waals surface area contributed by atoms with E-state index in [1.54, 1.807) is 0 Å². The average molecular weight is 409 g/mol. The Morgan fingerprint density at radius 3 is 2.59 bits per heavy atom. The Labute approximate surface area is 174 Å². The van der Waals surface area contributed by atoms with E-state index >= 15 is 0 Å². The number of halogens is 1. The Hall–Kier alpha value is -3.17. The summed E-state index contributed by atoms with van der Waals surface area (Å²) in [6.45, 7) is 5.24. The van der Waals surface area contributed by atoms with Gasteiger partial charge in [-0.3, -0.25) is 0 Å². The second-order valence-electron chi connectivity index (χ2n) is 6.88. The van der Waals surface area contributed by atoms with Gasteiger partial charge in [0.1, 0.15) is 11.8 Å². The van der Waals surface area contributed by atoms with Gasteiger partial charge in [-0.05, 0) is 36.8 Å². The van der Waals surface area contributed by atoms with Gasteiger partial charge in [-0.15, -0.1) is 0 Å². The summed E-state index contributed by atoms with van der Waals surface area (Å²) < 4.78 is 11.7. The Morgan fingerprint density at radius 2 is 1.86 bits per heavy atom. The Morgan fingerprint density at radius 1 is 1.10 bits per heavy atom. The van der Waals surface area contributed by atoms with Crippen LogP contribution in [0.2, 0.25) is 5.02 Å². The highest BCUT2D eigenvalue weighted by atomic mass is 35.5. The van der Waals surface area contributed by atoms with Crippen molar-refractivity contribution in [1.82, 2.24) is 4.98 Å². The number of rotatable bonds is 5. The summed E-state index contributed by atoms with van der Waals surface area (Å²) in [7, 11) is 0. The highest BCUT2D eigenvalue weighted by Crippen LogP contribution is 2.27. The lowest BCUT2D eigenvalue weighted by Gasteiger charge is -2.35. The van der Waals surface area contributed by atoms with E-state index in [1.165, 1.54) is 0 Å². The van der Waals surface area contributed by atoms with E-state index in [1.807, 2.05) is 49.4 Å². The van der Waals surface area contributed by atoms with Crippen LogP contribution in [0.25, 0.3) is 0 Å². The summed E-state index contributed by atoms with van der Waals surface area (Å²) in [5.41, 5.74) is 2.43. The van der Waals surface area contributed by atoms with Crippen LogP contribution in [0.15, 0.2) is 52.9 Å². The molecule has 29 heavy (non-hydrogen) atoms. The largest absolute Gasteiger partial charge is 0.484 e. The van der Waals surface area contributed by atoms with Crippen molar-refractivity contribution in [3.05, 3.63) is 70.7 Å². The zero-order chi connectivity index (χ0) is 20.2. The van der Waals surface area contributed by atoms with Crippen molar-refractivity contribution in [3.8, 4) is 11.8 Å². The minimum absolute atomic E-state index is 0.183. The Balaban J connectivity index is 1.43. The van der Waals surface area contributed by atoms with Gasteiger partial charge in [0.2, 0.25) is 17.5 Å². The molecule has 2 heterocycles. The fraction of sp³-hybridized carbons (Fsp3) is 0.273. The highest BCUT2D eigenvalue weighted by molar-refractivity contribution is 6.30. The molecule has 0 radical (unpaired) electrons. The summed E-state index contributed by atoms with van der Waals surface area (Å²) in [4.78, 5) is 8.64. The molecule has 0 atom stereocenters. The lowest BCUT2D eigenvalue weighted by Crippen LogP contribution is -2.46. The molecule has 0 saturated carbocycles. The first-order valence-corrected chi connectivity index (χ1v) is 9.85. The van der Waals surface area contributed by atoms with Crippen molar-refractivity contribution in [2.24, 2.45) is 0 Å². The smallest absolute Gasteiger partial charge is 0.236 e. The number of hydrogen-bond donors (Lipinski definition) is 0. The molecule has 0 unspecified atom stereocenters. The zero-order valence-corrected chi connectivity index (χ0v) is 16.9. The first-order chi connectivity index (χ1) is 14.1. The monoisotopic (exact) mass is 408 g/mol. The molecule has 3 aromatic rings. The quantitative estimate of drug-likeness (QED) is 0.622. The summed E-state index contributed by atoms with van der Waals surface area (Å²) in [5, 5.41) is 10.2. The number of nitriles is 1. The fourth-order valence-corrected chi connectivity index (χ4v) is 3.59. The van der Waals surface area contributed by atoms with Gasteiger partial charge in [0, 0.05) is 36.9 Å². The third-order valence-electron chi connectivity index (χ3n) is 4.94. The predicted molar refractivity (Wildman–Crippen MR) is 113 cm³/mol. The van der Waals surface area contributed by atoms with E-state index in [2.05, 4.69) is 26.9 Å². The van der Waals surface area contributed by atoms with Crippen LogP contribution in [0.1, 0.15) is 17.1 Å². The molecule has 6 nitrogen and oxygen atoms in total. The van der Waals surface area contributed by atoms with Crippen molar-refractivity contribution in [2.75, 3.05) is 36.0 Å². The molecular formula is C22H21ClN4O2. The van der Waals surface area contributed by atoms with Crippen molar-refractivity contribution in [2.45, 2.75) is 13.5 Å². The van der Waals surface area contributed by atoms with Crippen LogP contribution in [0.4, 0.5) is 11.6 Å². The minimum atomic E-state index is 0.183. The van der Waals surface area contributed by atoms with Gasteiger partial charge >= 0.3 is 0 Å². The van der Waals surface area contributed by atoms with Gasteiger partial charge in [-0.25, -0.2) is 0 Å². The van der Waals surface area contributed by atoms with E-state index in [0.717, 1.165) is 48.2 Å². The van der Waals surface area contributed by atoms with Crippen molar-refractivity contribution in [3.63, 3.8) is 0 Å². The predicted octanol–water partition coefficient (Wildman–Crippen LogP) is 4.41. The Kier molecular flexibility index (Phi) is 5.59. The number of para-hydroxylation sites is 1. The molecule has 1 aromatic heterocycles. The summed E-state index contributed by atoms with van der Waals surface area (Å²) in [5.74, 6) is 1.69. The normalized spacial score (nSPS) is 14.0. The van der Waals surface area contributed by atoms with Crippen LogP contribution in [-0.2, 0) is 6.61 Å². The molecule has 4 rings (SSSR count). The lowest BCUT2D eigenvalue weighted by atomic mass is 10.2. The number of aromatic nitrogens is 1. The standard InChI is InChI=1S/C22H21ClN4O2/c1-16-5-2-3-8-20(16)28-15-21-25-19(14-24)22(29-21)27-11-9-26(10-12-27)18-7-4-6-17(23)13-18/h2-8,13H,9-12,15H2,1H3. The molecule has 7 heteroatoms. The molecule has 1 fully saturated rings. The van der Waals surface area contributed by atoms with E-state index in [4.69, 9.17) is 20.8 Å². The summed E-state index contributed by atoms with van der Waals surface area (Å²) in [6, 6.07) is 17.7. The number of piperazine rings is 1. The average Bonchev–Trinajstić information content (AvgIpc) is 3.17. The van der Waals surface area contributed by atoms with Gasteiger partial charge < -0.3 is 19.0 Å². The first-order valence-electron chi connectivity index (χ1n) is 9.48. The van der Waals surface area contributed by atoms with Crippen molar-refractivity contribution < 1.29 is 9.15 Å². The number of benzene rings is 2. The third kappa shape index (κ3) is 4.30. The number of hydrogen-bond acceptors (Lipinski definition) is 6. The van der Waals surface area contributed by atoms with E-state index in [-0.39, 0.29) is 6.61 Å². The maximum atomic E-state index is 9.49. The SMILES string of the molecule is Cc1ccccc1OCc1nc(C#N)c(N2CCN(c3cccc(Cl)c3)CC2)o1. The summed E-state index contributed by atoms with van der Waals surface area (Å²) in [6.07, 6.45) is 0. The minimum Gasteiger partial charge on any atom is -0.484 e. The van der Waals surface area contributed by atoms with Crippen molar-refractivity contribution >= 4 is 23.2 Å². The number of anilines is 2. The van der Waals surface area contributed by atoms with Gasteiger partial charge in [0.15, 0.2) is 6.61 Å². The maximum absolute atomic E-state index is 9.49. The van der Waals surface area contributed by atoms with Gasteiger partial charge in [-0.1, -0.05) is 35.9 Å². The molecule has 0 amide bonds. The van der Waals surface area contributed by atoms with Crippen LogP contribution < -0.4 is 14.5 Å².